The highest BCUT2D eigenvalue weighted by Gasteiger charge is 2.57. The smallest absolute Gasteiger partial charge is 0.411 e. The molecule has 1 aliphatic heterocycles. The zero-order chi connectivity index (χ0) is 15.9. The first-order valence-electron chi connectivity index (χ1n) is 7.58. The van der Waals surface area contributed by atoms with Gasteiger partial charge in [0.25, 0.3) is 0 Å². The Morgan fingerprint density at radius 3 is 2.73 bits per heavy atom. The minimum absolute atomic E-state index is 0.148. The van der Waals surface area contributed by atoms with Crippen molar-refractivity contribution >= 4 is 17.8 Å². The Hall–Kier alpha value is -2.11. The average molecular weight is 303 g/mol. The number of ether oxygens (including phenoxy) is 1. The molecule has 1 saturated heterocycles. The number of hydrogen-bond donors (Lipinski definition) is 1. The van der Waals surface area contributed by atoms with Crippen LogP contribution in [0.2, 0.25) is 0 Å². The van der Waals surface area contributed by atoms with E-state index in [0.717, 1.165) is 6.42 Å². The van der Waals surface area contributed by atoms with Gasteiger partial charge >= 0.3 is 6.09 Å². The van der Waals surface area contributed by atoms with E-state index < -0.39 is 17.7 Å². The summed E-state index contributed by atoms with van der Waals surface area (Å²) in [7, 11) is 0. The number of pyridine rings is 1. The molecule has 22 heavy (non-hydrogen) atoms. The van der Waals surface area contributed by atoms with Crippen LogP contribution in [-0.2, 0) is 9.53 Å². The molecule has 0 radical (unpaired) electrons. The van der Waals surface area contributed by atoms with Crippen LogP contribution in [-0.4, -0.2) is 39.6 Å². The number of fused-ring (bicyclic) bond motifs is 1. The molecule has 2 amide bonds. The summed E-state index contributed by atoms with van der Waals surface area (Å²) in [5.41, 5.74) is -0.563. The molecular formula is C16H21N3O3. The van der Waals surface area contributed by atoms with Gasteiger partial charge in [0.15, 0.2) is 0 Å². The molecule has 2 heterocycles. The van der Waals surface area contributed by atoms with Crippen molar-refractivity contribution < 1.29 is 14.3 Å². The second kappa shape index (κ2) is 5.26. The van der Waals surface area contributed by atoms with Crippen molar-refractivity contribution in [3.8, 4) is 0 Å². The lowest BCUT2D eigenvalue weighted by Crippen LogP contribution is -2.47. The quantitative estimate of drug-likeness (QED) is 0.910. The maximum absolute atomic E-state index is 12.5. The topological polar surface area (TPSA) is 71.5 Å². The van der Waals surface area contributed by atoms with Gasteiger partial charge in [0.05, 0.1) is 0 Å². The minimum atomic E-state index is -0.563. The van der Waals surface area contributed by atoms with E-state index in [1.165, 1.54) is 0 Å². The molecule has 3 rings (SSSR count). The van der Waals surface area contributed by atoms with Crippen molar-refractivity contribution in [2.75, 3.05) is 5.32 Å². The lowest BCUT2D eigenvalue weighted by atomic mass is 10.1. The second-order valence-electron chi connectivity index (χ2n) is 6.91. The number of carbonyl (C=O) groups excluding carboxylic acids is 2. The van der Waals surface area contributed by atoms with Gasteiger partial charge < -0.3 is 10.1 Å². The van der Waals surface area contributed by atoms with Crippen molar-refractivity contribution in [1.82, 2.24) is 9.88 Å². The molecule has 1 aliphatic carbocycles. The summed E-state index contributed by atoms with van der Waals surface area (Å²) in [6, 6.07) is 4.99. The third-order valence-electron chi connectivity index (χ3n) is 3.93. The molecule has 3 atom stereocenters. The molecule has 1 saturated carbocycles. The van der Waals surface area contributed by atoms with E-state index in [2.05, 4.69) is 10.3 Å². The van der Waals surface area contributed by atoms with Crippen LogP contribution in [0.25, 0.3) is 0 Å². The fourth-order valence-corrected chi connectivity index (χ4v) is 2.91. The third kappa shape index (κ3) is 3.05. The molecule has 1 aromatic rings. The Morgan fingerprint density at radius 2 is 2.09 bits per heavy atom. The maximum Gasteiger partial charge on any atom is 0.411 e. The van der Waals surface area contributed by atoms with Crippen LogP contribution in [0.3, 0.4) is 0 Å². The molecule has 6 heteroatoms. The first-order valence-corrected chi connectivity index (χ1v) is 7.58. The van der Waals surface area contributed by atoms with Crippen molar-refractivity contribution in [3.63, 3.8) is 0 Å². The second-order valence-corrected chi connectivity index (χ2v) is 6.91. The van der Waals surface area contributed by atoms with E-state index >= 15 is 0 Å². The molecule has 2 fully saturated rings. The number of anilines is 1. The van der Waals surface area contributed by atoms with Gasteiger partial charge in [-0.05, 0) is 51.7 Å². The summed E-state index contributed by atoms with van der Waals surface area (Å²) < 4.78 is 5.44. The fraction of sp³-hybridized carbons (Fsp3) is 0.562. The predicted molar refractivity (Wildman–Crippen MR) is 81.2 cm³/mol. The Morgan fingerprint density at radius 1 is 1.32 bits per heavy atom. The van der Waals surface area contributed by atoms with Crippen LogP contribution < -0.4 is 5.32 Å². The zero-order valence-electron chi connectivity index (χ0n) is 13.1. The summed E-state index contributed by atoms with van der Waals surface area (Å²) in [5.74, 6) is 0.723. The Balaban J connectivity index is 1.70. The van der Waals surface area contributed by atoms with Gasteiger partial charge in [0.1, 0.15) is 17.5 Å². The van der Waals surface area contributed by atoms with E-state index in [0.29, 0.717) is 18.2 Å². The zero-order valence-corrected chi connectivity index (χ0v) is 13.1. The van der Waals surface area contributed by atoms with Gasteiger partial charge in [-0.15, -0.1) is 0 Å². The van der Waals surface area contributed by atoms with E-state index in [1.807, 2.05) is 20.8 Å². The number of aromatic nitrogens is 1. The van der Waals surface area contributed by atoms with Crippen molar-refractivity contribution in [3.05, 3.63) is 24.4 Å². The largest absolute Gasteiger partial charge is 0.444 e. The van der Waals surface area contributed by atoms with Crippen molar-refractivity contribution in [2.24, 2.45) is 5.92 Å². The predicted octanol–water partition coefficient (Wildman–Crippen LogP) is 2.42. The number of carbonyl (C=O) groups is 2. The number of nitrogens with one attached hydrogen (secondary N) is 1. The third-order valence-corrected chi connectivity index (χ3v) is 3.93. The number of likely N-dealkylation sites (tertiary alicyclic amines) is 1. The summed E-state index contributed by atoms with van der Waals surface area (Å²) in [6.45, 7) is 5.48. The lowest BCUT2D eigenvalue weighted by Gasteiger charge is -2.29. The molecule has 0 bridgehead atoms. The van der Waals surface area contributed by atoms with Gasteiger partial charge in [-0.3, -0.25) is 9.69 Å². The number of piperidine rings is 1. The summed E-state index contributed by atoms with van der Waals surface area (Å²) >= 11 is 0. The molecule has 118 valence electrons. The highest BCUT2D eigenvalue weighted by atomic mass is 16.6. The van der Waals surface area contributed by atoms with Gasteiger partial charge in [0, 0.05) is 12.2 Å². The summed E-state index contributed by atoms with van der Waals surface area (Å²) in [6.07, 6.45) is 2.88. The van der Waals surface area contributed by atoms with E-state index in [-0.39, 0.29) is 11.9 Å². The van der Waals surface area contributed by atoms with Crippen LogP contribution in [0.1, 0.15) is 33.6 Å². The molecule has 6 nitrogen and oxygen atoms in total. The van der Waals surface area contributed by atoms with E-state index in [9.17, 15) is 9.59 Å². The van der Waals surface area contributed by atoms with Crippen LogP contribution in [0.5, 0.6) is 0 Å². The van der Waals surface area contributed by atoms with Gasteiger partial charge in [-0.1, -0.05) is 6.07 Å². The van der Waals surface area contributed by atoms with Crippen LogP contribution in [0.4, 0.5) is 10.6 Å². The average Bonchev–Trinajstić information content (AvgIpc) is 3.08. The van der Waals surface area contributed by atoms with E-state index in [1.54, 1.807) is 29.3 Å². The molecule has 0 spiro atoms. The molecular weight excluding hydrogens is 282 g/mol. The number of rotatable bonds is 2. The number of nitrogens with zero attached hydrogens (tertiary/aromatic N) is 2. The summed E-state index contributed by atoms with van der Waals surface area (Å²) in [4.78, 5) is 30.5. The van der Waals surface area contributed by atoms with E-state index in [4.69, 9.17) is 4.74 Å². The lowest BCUT2D eigenvalue weighted by molar-refractivity contribution is -0.121. The first-order chi connectivity index (χ1) is 10.3. The summed E-state index contributed by atoms with van der Waals surface area (Å²) in [5, 5.41) is 2.77. The van der Waals surface area contributed by atoms with Crippen molar-refractivity contribution in [2.45, 2.75) is 51.3 Å². The normalized spacial score (nSPS) is 26.3. The number of amides is 2. The highest BCUT2D eigenvalue weighted by molar-refractivity contribution is 5.96. The minimum Gasteiger partial charge on any atom is -0.444 e. The Bertz CT molecular complexity index is 582. The SMILES string of the molecule is CC(C)(C)OC(=O)N1[C@@H]2C[C@@H]2C[C@H]1C(=O)Nc1ccccn1. The van der Waals surface area contributed by atoms with Crippen LogP contribution in [0, 0.1) is 5.92 Å². The van der Waals surface area contributed by atoms with Gasteiger partial charge in [-0.2, -0.15) is 0 Å². The number of hydrogen-bond acceptors (Lipinski definition) is 4. The van der Waals surface area contributed by atoms with Gasteiger partial charge in [0.2, 0.25) is 5.91 Å². The standard InChI is InChI=1S/C16H21N3O3/c1-16(2,3)22-15(21)19-11-8-10(11)9-12(19)14(20)18-13-6-4-5-7-17-13/h4-7,10-12H,8-9H2,1-3H3,(H,17,18,20)/t10-,11-,12+/m1/s1. The first kappa shape index (κ1) is 14.8. The highest BCUT2D eigenvalue weighted by Crippen LogP contribution is 2.48. The van der Waals surface area contributed by atoms with Crippen LogP contribution >= 0.6 is 0 Å². The molecule has 0 aromatic carbocycles. The maximum atomic E-state index is 12.5. The van der Waals surface area contributed by atoms with Gasteiger partial charge in [-0.25, -0.2) is 9.78 Å². The fourth-order valence-electron chi connectivity index (χ4n) is 2.91. The monoisotopic (exact) mass is 303 g/mol. The molecule has 1 N–H and O–H groups in total. The Kier molecular flexibility index (Phi) is 3.54. The molecule has 1 aromatic heterocycles. The Labute approximate surface area is 129 Å². The van der Waals surface area contributed by atoms with Crippen LogP contribution in [0.15, 0.2) is 24.4 Å². The molecule has 2 aliphatic rings. The molecule has 0 unspecified atom stereocenters. The van der Waals surface area contributed by atoms with Crippen molar-refractivity contribution in [1.29, 1.82) is 0 Å².